The monoisotopic (exact) mass is 822 g/mol. The van der Waals surface area contributed by atoms with Gasteiger partial charge in [-0.15, -0.1) is 16.4 Å². The average molecular weight is 823 g/mol. The number of rotatable bonds is 6. The lowest BCUT2D eigenvalue weighted by atomic mass is 9.97. The number of para-hydroxylation sites is 5. The molecular formula is C50H30N8OS2. The van der Waals surface area contributed by atoms with Crippen LogP contribution in [0.15, 0.2) is 184 Å². The maximum absolute atomic E-state index is 7.16. The van der Waals surface area contributed by atoms with Crippen LogP contribution in [0.2, 0.25) is 0 Å². The summed E-state index contributed by atoms with van der Waals surface area (Å²) in [5, 5.41) is 18.1. The number of H-pyrrole nitrogens is 2. The number of imidazole rings is 1. The van der Waals surface area contributed by atoms with Gasteiger partial charge in [0.2, 0.25) is 0 Å². The van der Waals surface area contributed by atoms with Gasteiger partial charge >= 0.3 is 0 Å². The zero-order valence-corrected chi connectivity index (χ0v) is 33.7. The molecule has 0 radical (unpaired) electrons. The van der Waals surface area contributed by atoms with E-state index in [4.69, 9.17) is 29.5 Å². The molecule has 6 aromatic carbocycles. The first-order valence-corrected chi connectivity index (χ1v) is 22.3. The molecule has 1 aliphatic heterocycles. The number of pyridine rings is 2. The molecule has 288 valence electrons. The van der Waals surface area contributed by atoms with Gasteiger partial charge in [0.05, 0.1) is 48.6 Å². The zero-order chi connectivity index (χ0) is 40.1. The average Bonchev–Trinajstić information content (AvgIpc) is 4.16. The Kier molecular flexibility index (Phi) is 7.36. The molecule has 0 amide bonds. The number of nitrogens with zero attached hydrogens (tertiary/aromatic N) is 6. The first-order chi connectivity index (χ1) is 30.2. The van der Waals surface area contributed by atoms with E-state index in [0.717, 1.165) is 112 Å². The van der Waals surface area contributed by atoms with E-state index >= 15 is 0 Å². The van der Waals surface area contributed by atoms with Crippen LogP contribution >= 0.6 is 21.4 Å². The summed E-state index contributed by atoms with van der Waals surface area (Å²) in [4.78, 5) is 28.8. The van der Waals surface area contributed by atoms with Gasteiger partial charge in [0.15, 0.2) is 5.16 Å². The second-order valence-corrected chi connectivity index (χ2v) is 18.8. The van der Waals surface area contributed by atoms with Crippen molar-refractivity contribution in [3.63, 3.8) is 0 Å². The molecule has 6 aromatic heterocycles. The number of fused-ring (bicyclic) bond motifs is 6. The van der Waals surface area contributed by atoms with Gasteiger partial charge in [-0.2, -0.15) is 0 Å². The lowest BCUT2D eigenvalue weighted by Crippen LogP contribution is -2.09. The number of hydrogen-bond acceptors (Lipinski definition) is 8. The third kappa shape index (κ3) is 5.02. The van der Waals surface area contributed by atoms with Gasteiger partial charge in [-0.1, -0.05) is 112 Å². The molecule has 1 aliphatic rings. The van der Waals surface area contributed by atoms with Crippen molar-refractivity contribution in [2.24, 2.45) is 0 Å². The van der Waals surface area contributed by atoms with E-state index in [0.29, 0.717) is 5.76 Å². The SMILES string of the molecule is c1ccc2nc(C3=C(c4nccc5ccccc45)S(c4nc5ccccc5[nH]4)(c4cccc5[nH]nnc45)C(c4cc5ccccc5o4)=C3c3nc4ccccc4s3)ccc2c1. The Morgan fingerprint density at radius 3 is 2.23 bits per heavy atom. The minimum Gasteiger partial charge on any atom is -0.456 e. The quantitative estimate of drug-likeness (QED) is 0.171. The van der Waals surface area contributed by atoms with Crippen molar-refractivity contribution >= 4 is 107 Å². The molecule has 1 atom stereocenters. The maximum Gasteiger partial charge on any atom is 0.161 e. The van der Waals surface area contributed by atoms with Crippen molar-refractivity contribution in [3.8, 4) is 0 Å². The minimum absolute atomic E-state index is 0.694. The smallest absolute Gasteiger partial charge is 0.161 e. The molecule has 0 spiro atoms. The second-order valence-electron chi connectivity index (χ2n) is 14.9. The van der Waals surface area contributed by atoms with E-state index in [1.807, 2.05) is 60.8 Å². The van der Waals surface area contributed by atoms with Crippen molar-refractivity contribution in [2.45, 2.75) is 10.1 Å². The molecule has 0 fully saturated rings. The highest BCUT2D eigenvalue weighted by Crippen LogP contribution is 2.85. The van der Waals surface area contributed by atoms with Gasteiger partial charge in [0, 0.05) is 43.3 Å². The third-order valence-corrected chi connectivity index (χ3v) is 16.4. The van der Waals surface area contributed by atoms with Crippen molar-refractivity contribution in [1.82, 2.24) is 40.3 Å². The molecule has 0 saturated heterocycles. The third-order valence-electron chi connectivity index (χ3n) is 11.5. The first-order valence-electron chi connectivity index (χ1n) is 19.8. The number of aromatic amines is 2. The highest BCUT2D eigenvalue weighted by molar-refractivity contribution is 8.48. The number of nitrogens with one attached hydrogen (secondary N) is 2. The minimum atomic E-state index is -2.85. The largest absolute Gasteiger partial charge is 0.456 e. The molecule has 0 aliphatic carbocycles. The van der Waals surface area contributed by atoms with Gasteiger partial charge in [-0.3, -0.25) is 10.1 Å². The Morgan fingerprint density at radius 2 is 1.34 bits per heavy atom. The summed E-state index contributed by atoms with van der Waals surface area (Å²) in [6.07, 6.45) is 1.91. The molecule has 61 heavy (non-hydrogen) atoms. The van der Waals surface area contributed by atoms with Gasteiger partial charge in [0.1, 0.15) is 21.9 Å². The topological polar surface area (TPSA) is 122 Å². The van der Waals surface area contributed by atoms with E-state index in [1.54, 1.807) is 11.3 Å². The van der Waals surface area contributed by atoms with Gasteiger partial charge in [0.25, 0.3) is 0 Å². The molecule has 7 heterocycles. The van der Waals surface area contributed by atoms with Crippen LogP contribution in [0.3, 0.4) is 0 Å². The normalized spacial score (nSPS) is 16.9. The lowest BCUT2D eigenvalue weighted by molar-refractivity contribution is 0.603. The van der Waals surface area contributed by atoms with Crippen LogP contribution in [-0.4, -0.2) is 40.3 Å². The van der Waals surface area contributed by atoms with Crippen molar-refractivity contribution in [2.75, 3.05) is 0 Å². The van der Waals surface area contributed by atoms with Gasteiger partial charge < -0.3 is 9.40 Å². The summed E-state index contributed by atoms with van der Waals surface area (Å²) in [5.41, 5.74) is 9.22. The van der Waals surface area contributed by atoms with Crippen LogP contribution in [0, 0.1) is 0 Å². The molecule has 9 nitrogen and oxygen atoms in total. The highest BCUT2D eigenvalue weighted by Gasteiger charge is 2.53. The Bertz CT molecular complexity index is 3710. The number of furan rings is 1. The van der Waals surface area contributed by atoms with Gasteiger partial charge in [-0.25, -0.2) is 15.0 Å². The maximum atomic E-state index is 7.16. The van der Waals surface area contributed by atoms with Crippen LogP contribution in [0.5, 0.6) is 0 Å². The van der Waals surface area contributed by atoms with E-state index < -0.39 is 10.0 Å². The summed E-state index contributed by atoms with van der Waals surface area (Å²) in [6, 6.07) is 56.2. The van der Waals surface area contributed by atoms with Crippen LogP contribution in [0.4, 0.5) is 0 Å². The summed E-state index contributed by atoms with van der Waals surface area (Å²) in [7, 11) is -2.85. The number of benzene rings is 6. The zero-order valence-electron chi connectivity index (χ0n) is 32.1. The molecule has 11 heteroatoms. The predicted octanol–water partition coefficient (Wildman–Crippen LogP) is 12.7. The van der Waals surface area contributed by atoms with E-state index in [2.05, 4.69) is 124 Å². The summed E-state index contributed by atoms with van der Waals surface area (Å²) < 4.78 is 8.23. The van der Waals surface area contributed by atoms with E-state index in [-0.39, 0.29) is 0 Å². The second kappa shape index (κ2) is 13.1. The first kappa shape index (κ1) is 34.2. The molecule has 2 N–H and O–H groups in total. The Morgan fingerprint density at radius 1 is 0.574 bits per heavy atom. The molecule has 0 bridgehead atoms. The number of hydrogen-bond donors (Lipinski definition) is 2. The number of aromatic nitrogens is 8. The van der Waals surface area contributed by atoms with Crippen LogP contribution in [-0.2, 0) is 0 Å². The molecule has 13 rings (SSSR count). The summed E-state index contributed by atoms with van der Waals surface area (Å²) in [6.45, 7) is 0. The molecule has 12 aromatic rings. The fourth-order valence-corrected chi connectivity index (χ4v) is 14.3. The van der Waals surface area contributed by atoms with Gasteiger partial charge in [-0.05, 0) is 72.1 Å². The number of thiazole rings is 1. The Balaban J connectivity index is 1.33. The molecule has 0 saturated carbocycles. The summed E-state index contributed by atoms with van der Waals surface area (Å²) >= 11 is 1.66. The van der Waals surface area contributed by atoms with Crippen molar-refractivity contribution < 1.29 is 4.42 Å². The van der Waals surface area contributed by atoms with Crippen LogP contribution in [0.1, 0.15) is 22.2 Å². The fourth-order valence-electron chi connectivity index (χ4n) is 8.88. The lowest BCUT2D eigenvalue weighted by Gasteiger charge is -2.39. The predicted molar refractivity (Wildman–Crippen MR) is 247 cm³/mol. The standard InChI is InChI=1S/C50H30N8OS2/c1-4-15-32-29(12-1)26-27-51-45(32)48-43(37-25-24-30-13-2-5-16-33(30)52-37)44(49-53-36-19-8-10-22-41(36)60-49)47(40-28-31-14-3-9-21-39(31)59-40)61(48,42-23-11-20-38-46(42)57-58-56-38)50-54-34-17-6-7-18-35(34)55-50/h1-28H,(H,54,55)(H,56,57,58). The van der Waals surface area contributed by atoms with Crippen LogP contribution in [0.25, 0.3) is 85.9 Å². The van der Waals surface area contributed by atoms with E-state index in [9.17, 15) is 0 Å². The van der Waals surface area contributed by atoms with E-state index in [1.165, 1.54) is 0 Å². The molecule has 1 unspecified atom stereocenters. The molecular weight excluding hydrogens is 793 g/mol. The fraction of sp³-hybridized carbons (Fsp3) is 0. The van der Waals surface area contributed by atoms with Crippen molar-refractivity contribution in [3.05, 3.63) is 192 Å². The van der Waals surface area contributed by atoms with Crippen molar-refractivity contribution in [1.29, 1.82) is 0 Å². The Hall–Kier alpha value is -7.73. The Labute approximate surface area is 352 Å². The summed E-state index contributed by atoms with van der Waals surface area (Å²) in [5.74, 6) is 0.694. The highest BCUT2D eigenvalue weighted by atomic mass is 32.3. The van der Waals surface area contributed by atoms with Crippen LogP contribution < -0.4 is 0 Å². The number of allylic oxidation sites excluding steroid dienone is 2.